The Kier molecular flexibility index (Phi) is 3.71. The number of anilines is 1. The van der Waals surface area contributed by atoms with Gasteiger partial charge in [-0.15, -0.1) is 11.3 Å². The molecule has 1 saturated heterocycles. The monoisotopic (exact) mass is 270 g/mol. The molecule has 7 heteroatoms. The van der Waals surface area contributed by atoms with E-state index < -0.39 is 12.1 Å². The lowest BCUT2D eigenvalue weighted by Crippen LogP contribution is -2.36. The number of thiophene rings is 1. The summed E-state index contributed by atoms with van der Waals surface area (Å²) in [6, 6.07) is 1.71. The first-order valence-corrected chi connectivity index (χ1v) is 6.39. The summed E-state index contributed by atoms with van der Waals surface area (Å²) in [7, 11) is 1.33. The van der Waals surface area contributed by atoms with E-state index >= 15 is 0 Å². The minimum Gasteiger partial charge on any atom is -0.477 e. The molecule has 1 aromatic rings. The molecule has 6 nitrogen and oxygen atoms in total. The molecule has 2 heterocycles. The number of rotatable bonds is 3. The largest absolute Gasteiger partial charge is 0.477 e. The SMILES string of the molecule is COC(=O)NC1CCN(c2csc(C(=O)O)c2)C1. The molecule has 0 bridgehead atoms. The Balaban J connectivity index is 1.95. The number of methoxy groups -OCH3 is 1. The molecule has 18 heavy (non-hydrogen) atoms. The molecule has 98 valence electrons. The number of ether oxygens (including phenoxy) is 1. The number of aromatic carboxylic acids is 1. The number of carboxylic acid groups (broad SMARTS) is 1. The molecule has 1 amide bonds. The van der Waals surface area contributed by atoms with E-state index in [1.165, 1.54) is 18.4 Å². The fraction of sp³-hybridized carbons (Fsp3) is 0.455. The first-order chi connectivity index (χ1) is 8.60. The molecule has 2 rings (SSSR count). The molecule has 0 aromatic carbocycles. The Morgan fingerprint density at radius 2 is 2.39 bits per heavy atom. The average Bonchev–Trinajstić information content (AvgIpc) is 2.96. The third-order valence-electron chi connectivity index (χ3n) is 2.86. The smallest absolute Gasteiger partial charge is 0.407 e. The highest BCUT2D eigenvalue weighted by molar-refractivity contribution is 7.12. The molecule has 0 aliphatic carbocycles. The van der Waals surface area contributed by atoms with Gasteiger partial charge in [0.25, 0.3) is 0 Å². The van der Waals surface area contributed by atoms with Crippen molar-refractivity contribution in [3.8, 4) is 0 Å². The maximum absolute atomic E-state index is 11.1. The van der Waals surface area contributed by atoms with E-state index in [2.05, 4.69) is 15.0 Å². The predicted molar refractivity (Wildman–Crippen MR) is 67.4 cm³/mol. The number of carbonyl (C=O) groups excluding carboxylic acids is 1. The van der Waals surface area contributed by atoms with E-state index in [-0.39, 0.29) is 6.04 Å². The minimum atomic E-state index is -0.908. The Hall–Kier alpha value is -1.76. The van der Waals surface area contributed by atoms with Crippen LogP contribution in [0.2, 0.25) is 0 Å². The van der Waals surface area contributed by atoms with E-state index in [4.69, 9.17) is 5.11 Å². The van der Waals surface area contributed by atoms with Crippen molar-refractivity contribution in [3.63, 3.8) is 0 Å². The van der Waals surface area contributed by atoms with Gasteiger partial charge in [0.15, 0.2) is 0 Å². The summed E-state index contributed by atoms with van der Waals surface area (Å²) in [6.45, 7) is 1.47. The van der Waals surface area contributed by atoms with E-state index in [0.29, 0.717) is 11.4 Å². The number of alkyl carbamates (subject to hydrolysis) is 1. The summed E-state index contributed by atoms with van der Waals surface area (Å²) in [5.74, 6) is -0.908. The van der Waals surface area contributed by atoms with Crippen LogP contribution in [0.25, 0.3) is 0 Å². The molecule has 1 aliphatic rings. The normalized spacial score (nSPS) is 18.7. The maximum atomic E-state index is 11.1. The van der Waals surface area contributed by atoms with Gasteiger partial charge >= 0.3 is 12.1 Å². The Morgan fingerprint density at radius 1 is 1.61 bits per heavy atom. The van der Waals surface area contributed by atoms with E-state index in [1.54, 1.807) is 6.07 Å². The number of carboxylic acids is 1. The maximum Gasteiger partial charge on any atom is 0.407 e. The first kappa shape index (κ1) is 12.7. The van der Waals surface area contributed by atoms with Gasteiger partial charge in [0, 0.05) is 24.2 Å². The van der Waals surface area contributed by atoms with Crippen molar-refractivity contribution in [3.05, 3.63) is 16.3 Å². The standard InChI is InChI=1S/C11H14N2O4S/c1-17-11(16)12-7-2-3-13(5-7)8-4-9(10(14)15)18-6-8/h4,6-7H,2-3,5H2,1H3,(H,12,16)(H,14,15). The Morgan fingerprint density at radius 3 is 3.00 bits per heavy atom. The van der Waals surface area contributed by atoms with Gasteiger partial charge in [0.05, 0.1) is 13.2 Å². The fourth-order valence-electron chi connectivity index (χ4n) is 1.94. The van der Waals surface area contributed by atoms with Crippen LogP contribution in [0, 0.1) is 0 Å². The van der Waals surface area contributed by atoms with Crippen LogP contribution in [-0.2, 0) is 4.74 Å². The number of amides is 1. The van der Waals surface area contributed by atoms with Crippen LogP contribution in [-0.4, -0.2) is 43.4 Å². The summed E-state index contributed by atoms with van der Waals surface area (Å²) >= 11 is 1.21. The van der Waals surface area contributed by atoms with E-state index in [9.17, 15) is 9.59 Å². The topological polar surface area (TPSA) is 78.9 Å². The molecular weight excluding hydrogens is 256 g/mol. The van der Waals surface area contributed by atoms with Crippen LogP contribution in [0.5, 0.6) is 0 Å². The van der Waals surface area contributed by atoms with Gasteiger partial charge in [0.2, 0.25) is 0 Å². The highest BCUT2D eigenvalue weighted by Crippen LogP contribution is 2.26. The zero-order valence-corrected chi connectivity index (χ0v) is 10.7. The lowest BCUT2D eigenvalue weighted by atomic mass is 10.3. The average molecular weight is 270 g/mol. The first-order valence-electron chi connectivity index (χ1n) is 5.51. The lowest BCUT2D eigenvalue weighted by Gasteiger charge is -2.16. The molecule has 0 saturated carbocycles. The van der Waals surface area contributed by atoms with Crippen molar-refractivity contribution in [2.45, 2.75) is 12.5 Å². The lowest BCUT2D eigenvalue weighted by molar-refractivity contribution is 0.0702. The van der Waals surface area contributed by atoms with Crippen molar-refractivity contribution in [1.82, 2.24) is 5.32 Å². The number of hydrogen-bond acceptors (Lipinski definition) is 5. The third kappa shape index (κ3) is 2.73. The van der Waals surface area contributed by atoms with Gasteiger partial charge in [-0.05, 0) is 12.5 Å². The van der Waals surface area contributed by atoms with Crippen LogP contribution in [0.4, 0.5) is 10.5 Å². The van der Waals surface area contributed by atoms with Crippen LogP contribution in [0.15, 0.2) is 11.4 Å². The quantitative estimate of drug-likeness (QED) is 0.867. The summed E-state index contributed by atoms with van der Waals surface area (Å²) in [5, 5.41) is 13.4. The van der Waals surface area contributed by atoms with Gasteiger partial charge in [-0.25, -0.2) is 9.59 Å². The third-order valence-corrected chi connectivity index (χ3v) is 3.76. The minimum absolute atomic E-state index is 0.0469. The summed E-state index contributed by atoms with van der Waals surface area (Å²) in [5.41, 5.74) is 0.895. The molecular formula is C11H14N2O4S. The highest BCUT2D eigenvalue weighted by Gasteiger charge is 2.25. The fourth-order valence-corrected chi connectivity index (χ4v) is 2.70. The second-order valence-electron chi connectivity index (χ2n) is 4.04. The van der Waals surface area contributed by atoms with Gasteiger partial charge in [-0.3, -0.25) is 0 Å². The van der Waals surface area contributed by atoms with Crippen molar-refractivity contribution in [1.29, 1.82) is 0 Å². The van der Waals surface area contributed by atoms with E-state index in [0.717, 1.165) is 18.7 Å². The van der Waals surface area contributed by atoms with Gasteiger partial charge in [0.1, 0.15) is 4.88 Å². The molecule has 1 atom stereocenters. The van der Waals surface area contributed by atoms with Crippen LogP contribution in [0.3, 0.4) is 0 Å². The van der Waals surface area contributed by atoms with E-state index in [1.807, 2.05) is 5.38 Å². The molecule has 1 unspecified atom stereocenters. The van der Waals surface area contributed by atoms with Gasteiger partial charge in [-0.1, -0.05) is 0 Å². The summed E-state index contributed by atoms with van der Waals surface area (Å²) in [4.78, 5) is 24.3. The number of nitrogens with zero attached hydrogens (tertiary/aromatic N) is 1. The zero-order valence-electron chi connectivity index (χ0n) is 9.88. The van der Waals surface area contributed by atoms with Crippen LogP contribution in [0.1, 0.15) is 16.1 Å². The molecule has 0 spiro atoms. The number of nitrogens with one attached hydrogen (secondary N) is 1. The second kappa shape index (κ2) is 5.26. The zero-order chi connectivity index (χ0) is 13.1. The predicted octanol–water partition coefficient (Wildman–Crippen LogP) is 1.38. The highest BCUT2D eigenvalue weighted by atomic mass is 32.1. The van der Waals surface area contributed by atoms with Crippen molar-refractivity contribution in [2.75, 3.05) is 25.1 Å². The number of carbonyl (C=O) groups is 2. The van der Waals surface area contributed by atoms with Crippen molar-refractivity contribution < 1.29 is 19.4 Å². The summed E-state index contributed by atoms with van der Waals surface area (Å²) < 4.78 is 4.54. The molecule has 0 radical (unpaired) electrons. The number of hydrogen-bond donors (Lipinski definition) is 2. The molecule has 1 fully saturated rings. The van der Waals surface area contributed by atoms with Crippen LogP contribution < -0.4 is 10.2 Å². The van der Waals surface area contributed by atoms with Gasteiger partial charge in [-0.2, -0.15) is 0 Å². The molecule has 1 aliphatic heterocycles. The molecule has 2 N–H and O–H groups in total. The molecule has 1 aromatic heterocycles. The van der Waals surface area contributed by atoms with Crippen molar-refractivity contribution >= 4 is 29.1 Å². The Bertz CT molecular complexity index is 460. The van der Waals surface area contributed by atoms with Crippen molar-refractivity contribution in [2.24, 2.45) is 0 Å². The summed E-state index contributed by atoms with van der Waals surface area (Å²) in [6.07, 6.45) is 0.395. The van der Waals surface area contributed by atoms with Gasteiger partial charge < -0.3 is 20.1 Å². The van der Waals surface area contributed by atoms with Crippen LogP contribution >= 0.6 is 11.3 Å². The Labute approximate surface area is 108 Å². The second-order valence-corrected chi connectivity index (χ2v) is 4.95.